The van der Waals surface area contributed by atoms with Crippen molar-refractivity contribution in [2.75, 3.05) is 25.4 Å². The lowest BCUT2D eigenvalue weighted by atomic mass is 9.77. The van der Waals surface area contributed by atoms with Crippen LogP contribution in [0.4, 0.5) is 5.13 Å². The number of aromatic nitrogens is 1. The summed E-state index contributed by atoms with van der Waals surface area (Å²) in [6, 6.07) is 0. The van der Waals surface area contributed by atoms with Crippen LogP contribution in [0.5, 0.6) is 0 Å². The van der Waals surface area contributed by atoms with Gasteiger partial charge in [0, 0.05) is 24.2 Å². The Balaban J connectivity index is 0.00000162. The zero-order valence-corrected chi connectivity index (χ0v) is 12.4. The molecule has 0 spiro atoms. The van der Waals surface area contributed by atoms with E-state index in [1.54, 1.807) is 11.3 Å². The molecular formula is C12H22ClN3OS. The van der Waals surface area contributed by atoms with Gasteiger partial charge in [0.1, 0.15) is 0 Å². The van der Waals surface area contributed by atoms with E-state index in [-0.39, 0.29) is 17.8 Å². The third-order valence-electron chi connectivity index (χ3n) is 3.95. The van der Waals surface area contributed by atoms with Crippen molar-refractivity contribution in [3.8, 4) is 0 Å². The van der Waals surface area contributed by atoms with E-state index in [1.807, 2.05) is 6.20 Å². The number of hydrogen-bond donors (Lipinski definition) is 2. The molecule has 1 aliphatic rings. The van der Waals surface area contributed by atoms with E-state index in [1.165, 1.54) is 4.88 Å². The third-order valence-corrected chi connectivity index (χ3v) is 4.76. The Labute approximate surface area is 119 Å². The van der Waals surface area contributed by atoms with E-state index in [4.69, 9.17) is 5.73 Å². The van der Waals surface area contributed by atoms with Gasteiger partial charge in [-0.1, -0.05) is 6.92 Å². The van der Waals surface area contributed by atoms with E-state index >= 15 is 0 Å². The van der Waals surface area contributed by atoms with Gasteiger partial charge in [0.15, 0.2) is 5.13 Å². The molecule has 18 heavy (non-hydrogen) atoms. The number of likely N-dealkylation sites (tertiary alicyclic amines) is 1. The first-order chi connectivity index (χ1) is 8.17. The minimum Gasteiger partial charge on any atom is -0.396 e. The van der Waals surface area contributed by atoms with Crippen LogP contribution in [0.2, 0.25) is 0 Å². The van der Waals surface area contributed by atoms with Crippen LogP contribution in [0.15, 0.2) is 6.20 Å². The van der Waals surface area contributed by atoms with Gasteiger partial charge in [0.05, 0.1) is 0 Å². The van der Waals surface area contributed by atoms with E-state index in [9.17, 15) is 5.11 Å². The number of nitrogens with zero attached hydrogens (tertiary/aromatic N) is 2. The Morgan fingerprint density at radius 1 is 1.50 bits per heavy atom. The Morgan fingerprint density at radius 2 is 2.17 bits per heavy atom. The molecule has 6 heteroatoms. The lowest BCUT2D eigenvalue weighted by Gasteiger charge is -2.40. The summed E-state index contributed by atoms with van der Waals surface area (Å²) in [5.74, 6) is 0. The second-order valence-corrected chi connectivity index (χ2v) is 6.10. The van der Waals surface area contributed by atoms with Gasteiger partial charge in [-0.05, 0) is 37.8 Å². The SMILES string of the molecule is CCC1(CO)CCN(Cc2cnc(N)s2)CC1.Cl. The number of aliphatic hydroxyl groups is 1. The summed E-state index contributed by atoms with van der Waals surface area (Å²) in [5, 5.41) is 10.1. The van der Waals surface area contributed by atoms with Crippen LogP contribution in [0.1, 0.15) is 31.1 Å². The predicted octanol–water partition coefficient (Wildman–Crippen LogP) is 2.13. The topological polar surface area (TPSA) is 62.4 Å². The van der Waals surface area contributed by atoms with Crippen molar-refractivity contribution in [2.24, 2.45) is 5.41 Å². The average molecular weight is 292 g/mol. The summed E-state index contributed by atoms with van der Waals surface area (Å²) < 4.78 is 0. The first-order valence-corrected chi connectivity index (χ1v) is 7.02. The number of nitrogen functional groups attached to an aromatic ring is 1. The maximum absolute atomic E-state index is 9.48. The van der Waals surface area contributed by atoms with E-state index in [0.29, 0.717) is 11.7 Å². The molecule has 0 aromatic carbocycles. The van der Waals surface area contributed by atoms with Crippen molar-refractivity contribution < 1.29 is 5.11 Å². The highest BCUT2D eigenvalue weighted by atomic mass is 35.5. The van der Waals surface area contributed by atoms with Gasteiger partial charge in [0.25, 0.3) is 0 Å². The summed E-state index contributed by atoms with van der Waals surface area (Å²) in [6.07, 6.45) is 5.13. The highest BCUT2D eigenvalue weighted by molar-refractivity contribution is 7.15. The van der Waals surface area contributed by atoms with Crippen molar-refractivity contribution in [1.82, 2.24) is 9.88 Å². The molecule has 0 unspecified atom stereocenters. The summed E-state index contributed by atoms with van der Waals surface area (Å²) in [7, 11) is 0. The predicted molar refractivity (Wildman–Crippen MR) is 78.1 cm³/mol. The number of anilines is 1. The second kappa shape index (κ2) is 6.70. The van der Waals surface area contributed by atoms with Crippen molar-refractivity contribution >= 4 is 28.9 Å². The highest BCUT2D eigenvalue weighted by Crippen LogP contribution is 2.34. The first-order valence-electron chi connectivity index (χ1n) is 6.21. The molecule has 1 aliphatic heterocycles. The lowest BCUT2D eigenvalue weighted by molar-refractivity contribution is 0.0385. The molecule has 104 valence electrons. The van der Waals surface area contributed by atoms with E-state index in [0.717, 1.165) is 38.9 Å². The second-order valence-electron chi connectivity index (χ2n) is 4.95. The third kappa shape index (κ3) is 3.57. The Kier molecular flexibility index (Phi) is 5.85. The molecule has 0 bridgehead atoms. The Hall–Kier alpha value is -0.360. The summed E-state index contributed by atoms with van der Waals surface area (Å²) in [4.78, 5) is 7.73. The first kappa shape index (κ1) is 15.7. The quantitative estimate of drug-likeness (QED) is 0.892. The standard InChI is InChI=1S/C12H21N3OS.ClH/c1-2-12(9-16)3-5-15(6-4-12)8-10-7-14-11(13)17-10;/h7,16H,2-6,8-9H2,1H3,(H2,13,14);1H. The van der Waals surface area contributed by atoms with Crippen LogP contribution in [-0.4, -0.2) is 34.7 Å². The maximum Gasteiger partial charge on any atom is 0.180 e. The Bertz CT molecular complexity index is 358. The molecule has 0 amide bonds. The number of hydrogen-bond acceptors (Lipinski definition) is 5. The summed E-state index contributed by atoms with van der Waals surface area (Å²) >= 11 is 1.57. The largest absolute Gasteiger partial charge is 0.396 e. The molecule has 0 aliphatic carbocycles. The average Bonchev–Trinajstić information content (AvgIpc) is 2.76. The zero-order chi connectivity index (χ0) is 12.3. The van der Waals surface area contributed by atoms with Crippen molar-refractivity contribution in [3.63, 3.8) is 0 Å². The van der Waals surface area contributed by atoms with E-state index < -0.39 is 0 Å². The molecule has 2 heterocycles. The number of nitrogens with two attached hydrogens (primary N) is 1. The summed E-state index contributed by atoms with van der Waals surface area (Å²) in [6.45, 7) is 5.57. The fourth-order valence-electron chi connectivity index (χ4n) is 2.43. The fourth-order valence-corrected chi connectivity index (χ4v) is 3.15. The molecule has 1 aromatic rings. The molecule has 0 radical (unpaired) electrons. The molecule has 2 rings (SSSR count). The number of rotatable bonds is 4. The molecule has 4 nitrogen and oxygen atoms in total. The van der Waals surface area contributed by atoms with Gasteiger partial charge in [0.2, 0.25) is 0 Å². The van der Waals surface area contributed by atoms with Gasteiger partial charge >= 0.3 is 0 Å². The van der Waals surface area contributed by atoms with Crippen molar-refractivity contribution in [2.45, 2.75) is 32.7 Å². The molecule has 1 saturated heterocycles. The monoisotopic (exact) mass is 291 g/mol. The van der Waals surface area contributed by atoms with Crippen molar-refractivity contribution in [1.29, 1.82) is 0 Å². The van der Waals surface area contributed by atoms with Gasteiger partial charge < -0.3 is 10.8 Å². The smallest absolute Gasteiger partial charge is 0.180 e. The normalized spacial score (nSPS) is 19.4. The maximum atomic E-state index is 9.48. The number of halogens is 1. The highest BCUT2D eigenvalue weighted by Gasteiger charge is 2.32. The number of aliphatic hydroxyl groups excluding tert-OH is 1. The van der Waals surface area contributed by atoms with Gasteiger partial charge in [-0.25, -0.2) is 4.98 Å². The van der Waals surface area contributed by atoms with Crippen LogP contribution >= 0.6 is 23.7 Å². The van der Waals surface area contributed by atoms with Crippen molar-refractivity contribution in [3.05, 3.63) is 11.1 Å². The zero-order valence-electron chi connectivity index (χ0n) is 10.8. The number of piperidine rings is 1. The van der Waals surface area contributed by atoms with Crippen LogP contribution < -0.4 is 5.73 Å². The van der Waals surface area contributed by atoms with Gasteiger partial charge in [-0.2, -0.15) is 0 Å². The van der Waals surface area contributed by atoms with Crippen LogP contribution in [-0.2, 0) is 6.54 Å². The number of thiazole rings is 1. The fraction of sp³-hybridized carbons (Fsp3) is 0.750. The molecular weight excluding hydrogens is 270 g/mol. The van der Waals surface area contributed by atoms with E-state index in [2.05, 4.69) is 16.8 Å². The van der Waals surface area contributed by atoms with Gasteiger partial charge in [-0.3, -0.25) is 4.90 Å². The Morgan fingerprint density at radius 3 is 2.61 bits per heavy atom. The minimum absolute atomic E-state index is 0. The van der Waals surface area contributed by atoms with Gasteiger partial charge in [-0.15, -0.1) is 23.7 Å². The molecule has 1 aromatic heterocycles. The summed E-state index contributed by atoms with van der Waals surface area (Å²) in [5.41, 5.74) is 5.80. The minimum atomic E-state index is 0. The molecule has 3 N–H and O–H groups in total. The lowest BCUT2D eigenvalue weighted by Crippen LogP contribution is -2.41. The molecule has 0 saturated carbocycles. The van der Waals surface area contributed by atoms with Crippen LogP contribution in [0, 0.1) is 5.41 Å². The molecule has 1 fully saturated rings. The molecule has 0 atom stereocenters. The van der Waals surface area contributed by atoms with Crippen LogP contribution in [0.3, 0.4) is 0 Å². The van der Waals surface area contributed by atoms with Crippen LogP contribution in [0.25, 0.3) is 0 Å².